The maximum Gasteiger partial charge on any atom is 0.237 e. The van der Waals surface area contributed by atoms with E-state index in [-0.39, 0.29) is 24.1 Å². The minimum Gasteiger partial charge on any atom is -0.496 e. The van der Waals surface area contributed by atoms with Crippen LogP contribution in [0.4, 0.5) is 5.69 Å². The Kier molecular flexibility index (Phi) is 5.78. The topological polar surface area (TPSA) is 84.5 Å². The Labute approximate surface area is 164 Å². The predicted molar refractivity (Wildman–Crippen MR) is 106 cm³/mol. The van der Waals surface area contributed by atoms with E-state index < -0.39 is 5.41 Å². The number of amides is 3. The molecule has 0 radical (unpaired) electrons. The molecule has 1 fully saturated rings. The molecule has 0 aromatic heterocycles. The molecule has 0 spiro atoms. The molecule has 0 aliphatic carbocycles. The second kappa shape index (κ2) is 8.25. The van der Waals surface area contributed by atoms with E-state index in [0.29, 0.717) is 30.7 Å². The first-order chi connectivity index (χ1) is 13.5. The van der Waals surface area contributed by atoms with Gasteiger partial charge in [-0.25, -0.2) is 0 Å². The van der Waals surface area contributed by atoms with Crippen LogP contribution in [0.15, 0.2) is 48.5 Å². The zero-order valence-corrected chi connectivity index (χ0v) is 16.1. The molecule has 1 unspecified atom stereocenters. The summed E-state index contributed by atoms with van der Waals surface area (Å²) in [6.07, 6.45) is 1.63. The molecule has 0 saturated carbocycles. The zero-order valence-electron chi connectivity index (χ0n) is 16.1. The second-order valence-electron chi connectivity index (χ2n) is 6.93. The molecule has 2 N–H and O–H groups in total. The van der Waals surface area contributed by atoms with Crippen molar-refractivity contribution in [3.63, 3.8) is 0 Å². The number of rotatable bonds is 6. The van der Waals surface area contributed by atoms with Gasteiger partial charge in [-0.3, -0.25) is 19.7 Å². The average Bonchev–Trinajstić information content (AvgIpc) is 2.70. The summed E-state index contributed by atoms with van der Waals surface area (Å²) in [5, 5.41) is 5.32. The van der Waals surface area contributed by atoms with Gasteiger partial charge in [0.1, 0.15) is 5.75 Å². The number of methoxy groups -OCH3 is 1. The highest BCUT2D eigenvalue weighted by molar-refractivity contribution is 6.03. The SMILES string of the molecule is CCC1(c2ccc(NC(=O)Cc3ccccc3OC)cc2)CCC(=O)NC1=O. The molecule has 1 aliphatic rings. The van der Waals surface area contributed by atoms with Crippen molar-refractivity contribution in [3.8, 4) is 5.75 Å². The Balaban J connectivity index is 1.71. The van der Waals surface area contributed by atoms with E-state index in [0.717, 1.165) is 11.1 Å². The molecule has 146 valence electrons. The van der Waals surface area contributed by atoms with E-state index in [1.807, 2.05) is 43.3 Å². The Morgan fingerprint density at radius 3 is 2.50 bits per heavy atom. The van der Waals surface area contributed by atoms with Crippen LogP contribution in [0.2, 0.25) is 0 Å². The van der Waals surface area contributed by atoms with Crippen LogP contribution < -0.4 is 15.4 Å². The van der Waals surface area contributed by atoms with E-state index in [1.165, 1.54) is 0 Å². The number of anilines is 1. The van der Waals surface area contributed by atoms with Gasteiger partial charge in [-0.1, -0.05) is 37.3 Å². The summed E-state index contributed by atoms with van der Waals surface area (Å²) in [6, 6.07) is 14.7. The fourth-order valence-electron chi connectivity index (χ4n) is 3.67. The Bertz CT molecular complexity index is 892. The van der Waals surface area contributed by atoms with Crippen LogP contribution in [-0.4, -0.2) is 24.8 Å². The molecule has 6 nitrogen and oxygen atoms in total. The number of benzene rings is 2. The molecular formula is C22H24N2O4. The number of piperidine rings is 1. The smallest absolute Gasteiger partial charge is 0.237 e. The van der Waals surface area contributed by atoms with Gasteiger partial charge in [0.15, 0.2) is 0 Å². The lowest BCUT2D eigenvalue weighted by atomic mass is 9.72. The Hall–Kier alpha value is -3.15. The molecule has 3 rings (SSSR count). The van der Waals surface area contributed by atoms with E-state index in [2.05, 4.69) is 10.6 Å². The lowest BCUT2D eigenvalue weighted by Crippen LogP contribution is -2.51. The highest BCUT2D eigenvalue weighted by atomic mass is 16.5. The summed E-state index contributed by atoms with van der Waals surface area (Å²) < 4.78 is 5.28. The van der Waals surface area contributed by atoms with E-state index in [4.69, 9.17) is 4.74 Å². The monoisotopic (exact) mass is 380 g/mol. The molecule has 28 heavy (non-hydrogen) atoms. The van der Waals surface area contributed by atoms with Gasteiger partial charge in [0.25, 0.3) is 0 Å². The molecule has 3 amide bonds. The van der Waals surface area contributed by atoms with Crippen molar-refractivity contribution in [2.45, 2.75) is 38.0 Å². The first-order valence-corrected chi connectivity index (χ1v) is 9.35. The van der Waals surface area contributed by atoms with Crippen molar-refractivity contribution >= 4 is 23.4 Å². The number of ether oxygens (including phenoxy) is 1. The maximum atomic E-state index is 12.5. The molecule has 2 aromatic rings. The first-order valence-electron chi connectivity index (χ1n) is 9.35. The Morgan fingerprint density at radius 2 is 1.86 bits per heavy atom. The predicted octanol–water partition coefficient (Wildman–Crippen LogP) is 2.96. The first kappa shape index (κ1) is 19.6. The summed E-state index contributed by atoms with van der Waals surface area (Å²) >= 11 is 0. The van der Waals surface area contributed by atoms with Crippen molar-refractivity contribution in [2.24, 2.45) is 0 Å². The van der Waals surface area contributed by atoms with Gasteiger partial charge in [-0.05, 0) is 36.6 Å². The normalized spacial score (nSPS) is 19.1. The summed E-state index contributed by atoms with van der Waals surface area (Å²) in [7, 11) is 1.58. The quantitative estimate of drug-likeness (QED) is 0.755. The third kappa shape index (κ3) is 3.91. The number of nitrogens with one attached hydrogen (secondary N) is 2. The fraction of sp³-hybridized carbons (Fsp3) is 0.318. The van der Waals surface area contributed by atoms with Crippen LogP contribution >= 0.6 is 0 Å². The number of carbonyl (C=O) groups is 3. The minimum atomic E-state index is -0.701. The molecule has 1 atom stereocenters. The average molecular weight is 380 g/mol. The van der Waals surface area contributed by atoms with Gasteiger partial charge in [0.2, 0.25) is 17.7 Å². The minimum absolute atomic E-state index is 0.150. The highest BCUT2D eigenvalue weighted by Gasteiger charge is 2.42. The van der Waals surface area contributed by atoms with Crippen molar-refractivity contribution in [1.82, 2.24) is 5.32 Å². The molecule has 1 saturated heterocycles. The van der Waals surface area contributed by atoms with Crippen LogP contribution in [0, 0.1) is 0 Å². The number of hydrogen-bond donors (Lipinski definition) is 2. The summed E-state index contributed by atoms with van der Waals surface area (Å²) in [5.74, 6) is 0.0488. The molecule has 1 heterocycles. The maximum absolute atomic E-state index is 12.5. The highest BCUT2D eigenvalue weighted by Crippen LogP contribution is 2.36. The number of hydrogen-bond acceptors (Lipinski definition) is 4. The summed E-state index contributed by atoms with van der Waals surface area (Å²) in [5.41, 5.74) is 1.62. The van der Waals surface area contributed by atoms with Gasteiger partial charge in [-0.15, -0.1) is 0 Å². The van der Waals surface area contributed by atoms with Crippen LogP contribution in [-0.2, 0) is 26.2 Å². The standard InChI is InChI=1S/C22H24N2O4/c1-3-22(13-12-19(25)24-21(22)27)16-8-10-17(11-9-16)23-20(26)14-15-6-4-5-7-18(15)28-2/h4-11H,3,12-14H2,1-2H3,(H,23,26)(H,24,25,27). The van der Waals surface area contributed by atoms with Gasteiger partial charge >= 0.3 is 0 Å². The van der Waals surface area contributed by atoms with Crippen LogP contribution in [0.1, 0.15) is 37.3 Å². The molecule has 0 bridgehead atoms. The van der Waals surface area contributed by atoms with Gasteiger partial charge in [0, 0.05) is 17.7 Å². The number of carbonyl (C=O) groups excluding carboxylic acids is 3. The van der Waals surface area contributed by atoms with Crippen molar-refractivity contribution in [3.05, 3.63) is 59.7 Å². The third-order valence-corrected chi connectivity index (χ3v) is 5.33. The fourth-order valence-corrected chi connectivity index (χ4v) is 3.67. The van der Waals surface area contributed by atoms with Gasteiger partial charge in [-0.2, -0.15) is 0 Å². The van der Waals surface area contributed by atoms with Crippen LogP contribution in [0.25, 0.3) is 0 Å². The van der Waals surface area contributed by atoms with Crippen molar-refractivity contribution < 1.29 is 19.1 Å². The molecular weight excluding hydrogens is 356 g/mol. The second-order valence-corrected chi connectivity index (χ2v) is 6.93. The number of para-hydroxylation sites is 1. The molecule has 1 aliphatic heterocycles. The van der Waals surface area contributed by atoms with Gasteiger partial charge in [0.05, 0.1) is 18.9 Å². The third-order valence-electron chi connectivity index (χ3n) is 5.33. The zero-order chi connectivity index (χ0) is 20.1. The Morgan fingerprint density at radius 1 is 1.14 bits per heavy atom. The van der Waals surface area contributed by atoms with Crippen LogP contribution in [0.3, 0.4) is 0 Å². The van der Waals surface area contributed by atoms with Crippen molar-refractivity contribution in [2.75, 3.05) is 12.4 Å². The summed E-state index contributed by atoms with van der Waals surface area (Å²) in [6.45, 7) is 1.94. The van der Waals surface area contributed by atoms with Crippen molar-refractivity contribution in [1.29, 1.82) is 0 Å². The largest absolute Gasteiger partial charge is 0.496 e. The van der Waals surface area contributed by atoms with Crippen LogP contribution in [0.5, 0.6) is 5.75 Å². The molecule has 6 heteroatoms. The lowest BCUT2D eigenvalue weighted by molar-refractivity contribution is -0.138. The summed E-state index contributed by atoms with van der Waals surface area (Å²) in [4.78, 5) is 36.3. The molecule has 2 aromatic carbocycles. The van der Waals surface area contributed by atoms with E-state index in [1.54, 1.807) is 19.2 Å². The van der Waals surface area contributed by atoms with E-state index in [9.17, 15) is 14.4 Å². The van der Waals surface area contributed by atoms with Gasteiger partial charge < -0.3 is 10.1 Å². The van der Waals surface area contributed by atoms with E-state index >= 15 is 0 Å². The lowest BCUT2D eigenvalue weighted by Gasteiger charge is -2.35. The number of imide groups is 1.